The molecule has 0 aliphatic heterocycles. The van der Waals surface area contributed by atoms with Crippen molar-refractivity contribution in [3.63, 3.8) is 0 Å². The zero-order chi connectivity index (χ0) is 19.2. The summed E-state index contributed by atoms with van der Waals surface area (Å²) in [6, 6.07) is 5.32. The van der Waals surface area contributed by atoms with Gasteiger partial charge in [-0.2, -0.15) is 0 Å². The standard InChI is InChI=1S/C20H25N3O4/c21-18(24)16(8-15-3-1-2-4-17(15)23(26)27)22-19(25)20-9-12-5-13(10-20)7-14(6-12)11-20/h1-4,12-14,16H,5-11H2,(H2,21,24)(H,22,25)/t12?,13?,14?,16-,20?/m0/s1. The van der Waals surface area contributed by atoms with E-state index in [2.05, 4.69) is 5.32 Å². The molecule has 7 nitrogen and oxygen atoms in total. The number of nitrogens with zero attached hydrogens (tertiary/aromatic N) is 1. The van der Waals surface area contributed by atoms with Crippen molar-refractivity contribution >= 4 is 17.5 Å². The van der Waals surface area contributed by atoms with Crippen molar-refractivity contribution in [3.05, 3.63) is 39.9 Å². The Hall–Kier alpha value is -2.44. The lowest BCUT2D eigenvalue weighted by atomic mass is 9.49. The number of nitrogens with one attached hydrogen (secondary N) is 1. The molecule has 144 valence electrons. The summed E-state index contributed by atoms with van der Waals surface area (Å²) in [7, 11) is 0. The number of nitrogens with two attached hydrogens (primary N) is 1. The van der Waals surface area contributed by atoms with Crippen LogP contribution in [0.15, 0.2) is 24.3 Å². The van der Waals surface area contributed by atoms with Crippen LogP contribution in [0, 0.1) is 33.3 Å². The first-order valence-electron chi connectivity index (χ1n) is 9.69. The average molecular weight is 371 g/mol. The maximum Gasteiger partial charge on any atom is 0.272 e. The number of carbonyl (C=O) groups excluding carboxylic acids is 2. The quantitative estimate of drug-likeness (QED) is 0.590. The lowest BCUT2D eigenvalue weighted by molar-refractivity contribution is -0.385. The van der Waals surface area contributed by atoms with Gasteiger partial charge in [0.15, 0.2) is 0 Å². The number of nitro benzene ring substituents is 1. The van der Waals surface area contributed by atoms with Crippen LogP contribution in [0.3, 0.4) is 0 Å². The number of carbonyl (C=O) groups is 2. The predicted octanol–water partition coefficient (Wildman–Crippen LogP) is 2.32. The van der Waals surface area contributed by atoms with E-state index in [1.807, 2.05) is 0 Å². The van der Waals surface area contributed by atoms with Crippen molar-refractivity contribution in [3.8, 4) is 0 Å². The maximum atomic E-state index is 13.2. The molecule has 4 aliphatic rings. The Morgan fingerprint density at radius 2 is 1.70 bits per heavy atom. The highest BCUT2D eigenvalue weighted by Crippen LogP contribution is 2.60. The topological polar surface area (TPSA) is 115 Å². The van der Waals surface area contributed by atoms with Crippen molar-refractivity contribution in [2.75, 3.05) is 0 Å². The summed E-state index contributed by atoms with van der Waals surface area (Å²) in [5.74, 6) is 1.09. The molecule has 4 saturated carbocycles. The fourth-order valence-corrected chi connectivity index (χ4v) is 6.00. The van der Waals surface area contributed by atoms with E-state index in [1.165, 1.54) is 25.3 Å². The normalized spacial score (nSPS) is 32.1. The highest BCUT2D eigenvalue weighted by Gasteiger charge is 2.54. The second kappa shape index (κ2) is 6.62. The molecule has 1 aromatic carbocycles. The van der Waals surface area contributed by atoms with Gasteiger partial charge in [0.2, 0.25) is 11.8 Å². The van der Waals surface area contributed by atoms with Gasteiger partial charge in [-0.25, -0.2) is 0 Å². The van der Waals surface area contributed by atoms with E-state index in [-0.39, 0.29) is 23.4 Å². The minimum Gasteiger partial charge on any atom is -0.368 e. The fraction of sp³-hybridized carbons (Fsp3) is 0.600. The number of hydrogen-bond donors (Lipinski definition) is 2. The molecule has 3 N–H and O–H groups in total. The van der Waals surface area contributed by atoms with Crippen molar-refractivity contribution in [1.29, 1.82) is 0 Å². The zero-order valence-electron chi connectivity index (χ0n) is 15.2. The Balaban J connectivity index is 1.52. The van der Waals surface area contributed by atoms with E-state index in [4.69, 9.17) is 5.73 Å². The molecule has 0 radical (unpaired) electrons. The molecule has 27 heavy (non-hydrogen) atoms. The third-order valence-corrected chi connectivity index (χ3v) is 6.78. The van der Waals surface area contributed by atoms with E-state index in [0.717, 1.165) is 19.3 Å². The van der Waals surface area contributed by atoms with Gasteiger partial charge in [-0.05, 0) is 56.3 Å². The van der Waals surface area contributed by atoms with Crippen LogP contribution >= 0.6 is 0 Å². The summed E-state index contributed by atoms with van der Waals surface area (Å²) in [5, 5.41) is 14.1. The van der Waals surface area contributed by atoms with Crippen LogP contribution in [0.2, 0.25) is 0 Å². The molecule has 1 aromatic rings. The molecule has 7 heteroatoms. The van der Waals surface area contributed by atoms with Crippen LogP contribution < -0.4 is 11.1 Å². The van der Waals surface area contributed by atoms with Gasteiger partial charge in [0.05, 0.1) is 4.92 Å². The summed E-state index contributed by atoms with van der Waals surface area (Å²) in [5.41, 5.74) is 5.48. The first-order valence-corrected chi connectivity index (χ1v) is 9.69. The second-order valence-corrected chi connectivity index (χ2v) is 8.72. The smallest absolute Gasteiger partial charge is 0.272 e. The molecular weight excluding hydrogens is 346 g/mol. The van der Waals surface area contributed by atoms with Gasteiger partial charge >= 0.3 is 0 Å². The third-order valence-electron chi connectivity index (χ3n) is 6.78. The molecular formula is C20H25N3O4. The van der Waals surface area contributed by atoms with E-state index >= 15 is 0 Å². The molecule has 2 amide bonds. The number of primary amides is 1. The lowest BCUT2D eigenvalue weighted by Gasteiger charge is -2.55. The number of benzene rings is 1. The van der Waals surface area contributed by atoms with Gasteiger partial charge < -0.3 is 11.1 Å². The Morgan fingerprint density at radius 3 is 2.22 bits per heavy atom. The molecule has 0 unspecified atom stereocenters. The monoisotopic (exact) mass is 371 g/mol. The van der Waals surface area contributed by atoms with Gasteiger partial charge in [-0.15, -0.1) is 0 Å². The van der Waals surface area contributed by atoms with Crippen LogP contribution in [0.5, 0.6) is 0 Å². The van der Waals surface area contributed by atoms with E-state index in [0.29, 0.717) is 23.3 Å². The highest BCUT2D eigenvalue weighted by molar-refractivity contribution is 5.90. The van der Waals surface area contributed by atoms with Gasteiger partial charge in [0.1, 0.15) is 6.04 Å². The molecule has 0 aromatic heterocycles. The summed E-state index contributed by atoms with van der Waals surface area (Å²) in [4.78, 5) is 35.9. The van der Waals surface area contributed by atoms with Crippen LogP contribution in [-0.2, 0) is 16.0 Å². The lowest BCUT2D eigenvalue weighted by Crippen LogP contribution is -2.57. The first-order chi connectivity index (χ1) is 12.9. The largest absolute Gasteiger partial charge is 0.368 e. The Bertz CT molecular complexity index is 756. The molecule has 0 spiro atoms. The van der Waals surface area contributed by atoms with Crippen molar-refractivity contribution in [2.45, 2.75) is 51.0 Å². The summed E-state index contributed by atoms with van der Waals surface area (Å²) < 4.78 is 0. The highest BCUT2D eigenvalue weighted by atomic mass is 16.6. The SMILES string of the molecule is NC(=O)[C@H](Cc1ccccc1[N+](=O)[O-])NC(=O)C12CC3CC(CC(C3)C1)C2. The van der Waals surface area contributed by atoms with Crippen molar-refractivity contribution in [1.82, 2.24) is 5.32 Å². The third kappa shape index (κ3) is 3.31. The number of para-hydroxylation sites is 1. The molecule has 1 atom stereocenters. The molecule has 0 saturated heterocycles. The number of amides is 2. The minimum absolute atomic E-state index is 0.0323. The van der Waals surface area contributed by atoms with Gasteiger partial charge in [0.25, 0.3) is 5.69 Å². The number of rotatable bonds is 6. The Morgan fingerprint density at radius 1 is 1.15 bits per heavy atom. The second-order valence-electron chi connectivity index (χ2n) is 8.72. The van der Waals surface area contributed by atoms with Crippen LogP contribution in [0.1, 0.15) is 44.1 Å². The van der Waals surface area contributed by atoms with Gasteiger partial charge in [-0.1, -0.05) is 18.2 Å². The summed E-state index contributed by atoms with van der Waals surface area (Å²) in [6.45, 7) is 0. The zero-order valence-corrected chi connectivity index (χ0v) is 15.2. The first kappa shape index (κ1) is 17.9. The van der Waals surface area contributed by atoms with E-state index in [9.17, 15) is 19.7 Å². The Kier molecular flexibility index (Phi) is 4.40. The number of nitro groups is 1. The number of hydrogen-bond acceptors (Lipinski definition) is 4. The maximum absolute atomic E-state index is 13.2. The summed E-state index contributed by atoms with van der Waals surface area (Å²) in [6.07, 6.45) is 6.38. The van der Waals surface area contributed by atoms with Crippen molar-refractivity contribution in [2.24, 2.45) is 28.9 Å². The molecule has 4 aliphatic carbocycles. The van der Waals surface area contributed by atoms with Gasteiger partial charge in [-0.3, -0.25) is 19.7 Å². The molecule has 4 bridgehead atoms. The summed E-state index contributed by atoms with van der Waals surface area (Å²) >= 11 is 0. The fourth-order valence-electron chi connectivity index (χ4n) is 6.00. The minimum atomic E-state index is -0.938. The van der Waals surface area contributed by atoms with E-state index < -0.39 is 16.9 Å². The predicted molar refractivity (Wildman–Crippen MR) is 98.5 cm³/mol. The average Bonchev–Trinajstić information content (AvgIpc) is 2.60. The molecule has 0 heterocycles. The van der Waals surface area contributed by atoms with Crippen LogP contribution in [0.25, 0.3) is 0 Å². The Labute approximate surface area is 157 Å². The van der Waals surface area contributed by atoms with Gasteiger partial charge in [0, 0.05) is 23.5 Å². The van der Waals surface area contributed by atoms with Crippen LogP contribution in [0.4, 0.5) is 5.69 Å². The van der Waals surface area contributed by atoms with Crippen molar-refractivity contribution < 1.29 is 14.5 Å². The van der Waals surface area contributed by atoms with Crippen LogP contribution in [-0.4, -0.2) is 22.8 Å². The molecule has 5 rings (SSSR count). The van der Waals surface area contributed by atoms with E-state index in [1.54, 1.807) is 18.2 Å². The molecule has 4 fully saturated rings.